The van der Waals surface area contributed by atoms with Crippen LogP contribution in [0.4, 0.5) is 15.8 Å². The highest BCUT2D eigenvalue weighted by Gasteiger charge is 2.22. The number of anilines is 2. The molecule has 1 fully saturated rings. The number of hydrogen-bond acceptors (Lipinski definition) is 5. The largest absolute Gasteiger partial charge is 0.395 e. The maximum Gasteiger partial charge on any atom is 0.236 e. The van der Waals surface area contributed by atoms with E-state index in [4.69, 9.17) is 5.73 Å². The van der Waals surface area contributed by atoms with Crippen molar-refractivity contribution in [3.8, 4) is 11.1 Å². The van der Waals surface area contributed by atoms with Gasteiger partial charge in [-0.2, -0.15) is 4.39 Å². The first kappa shape index (κ1) is 16.0. The second-order valence-electron chi connectivity index (χ2n) is 6.73. The first-order valence-corrected chi connectivity index (χ1v) is 8.80. The molecule has 130 valence electrons. The number of aliphatic imine (C=N–C) groups is 1. The minimum Gasteiger partial charge on any atom is -0.395 e. The highest BCUT2D eigenvalue weighted by atomic mass is 19.1. The van der Waals surface area contributed by atoms with Crippen molar-refractivity contribution in [2.45, 2.75) is 44.3 Å². The van der Waals surface area contributed by atoms with Gasteiger partial charge in [-0.3, -0.25) is 10.3 Å². The molecule has 6 heteroatoms. The molecule has 0 saturated heterocycles. The fraction of sp³-hybridized carbons (Fsp3) is 0.368. The molecular weight excluding hydrogens is 317 g/mol. The van der Waals surface area contributed by atoms with Crippen LogP contribution in [0.25, 0.3) is 11.1 Å². The molecule has 2 aliphatic rings. The van der Waals surface area contributed by atoms with Crippen molar-refractivity contribution in [3.05, 3.63) is 42.0 Å². The van der Waals surface area contributed by atoms with Gasteiger partial charge in [0, 0.05) is 29.1 Å². The molecule has 5 nitrogen and oxygen atoms in total. The highest BCUT2D eigenvalue weighted by Crippen LogP contribution is 2.33. The average molecular weight is 339 g/mol. The fourth-order valence-corrected chi connectivity index (χ4v) is 3.61. The van der Waals surface area contributed by atoms with Gasteiger partial charge >= 0.3 is 0 Å². The van der Waals surface area contributed by atoms with Crippen LogP contribution in [0.15, 0.2) is 35.5 Å². The number of nitrogens with one attached hydrogen (secondary N) is 2. The zero-order valence-corrected chi connectivity index (χ0v) is 14.0. The Balaban J connectivity index is 1.63. The molecule has 0 amide bonds. The van der Waals surface area contributed by atoms with Gasteiger partial charge in [0.15, 0.2) is 0 Å². The third-order valence-electron chi connectivity index (χ3n) is 4.99. The van der Waals surface area contributed by atoms with E-state index in [1.165, 1.54) is 38.3 Å². The summed E-state index contributed by atoms with van der Waals surface area (Å²) in [5.41, 5.74) is 9.60. The molecular formula is C19H22FN5. The van der Waals surface area contributed by atoms with E-state index in [1.807, 2.05) is 12.1 Å². The molecule has 2 heterocycles. The first-order valence-electron chi connectivity index (χ1n) is 8.80. The van der Waals surface area contributed by atoms with Crippen molar-refractivity contribution < 1.29 is 4.39 Å². The second kappa shape index (κ2) is 6.80. The lowest BCUT2D eigenvalue weighted by Crippen LogP contribution is -2.35. The van der Waals surface area contributed by atoms with Crippen molar-refractivity contribution in [2.75, 3.05) is 11.1 Å². The van der Waals surface area contributed by atoms with Crippen LogP contribution in [-0.2, 0) is 0 Å². The molecule has 2 aromatic rings. The van der Waals surface area contributed by atoms with Gasteiger partial charge in [-0.05, 0) is 36.6 Å². The Bertz CT molecular complexity index is 798. The molecule has 1 aliphatic heterocycles. The van der Waals surface area contributed by atoms with Crippen LogP contribution in [0.1, 0.15) is 43.8 Å². The van der Waals surface area contributed by atoms with Gasteiger partial charge in [0.05, 0.1) is 12.0 Å². The topological polar surface area (TPSA) is 75.3 Å². The monoisotopic (exact) mass is 339 g/mol. The van der Waals surface area contributed by atoms with Crippen LogP contribution in [0.3, 0.4) is 0 Å². The summed E-state index contributed by atoms with van der Waals surface area (Å²) in [7, 11) is 0. The summed E-state index contributed by atoms with van der Waals surface area (Å²) in [6, 6.07) is 8.21. The van der Waals surface area contributed by atoms with Crippen LogP contribution < -0.4 is 16.4 Å². The number of nitrogen functional groups attached to an aromatic ring is 1. The number of hydrogen-bond donors (Lipinski definition) is 3. The van der Waals surface area contributed by atoms with Crippen molar-refractivity contribution in [1.82, 2.24) is 10.3 Å². The smallest absolute Gasteiger partial charge is 0.236 e. The molecule has 1 saturated carbocycles. The van der Waals surface area contributed by atoms with Crippen LogP contribution in [-0.4, -0.2) is 17.4 Å². The van der Waals surface area contributed by atoms with Gasteiger partial charge in [0.2, 0.25) is 5.95 Å². The summed E-state index contributed by atoms with van der Waals surface area (Å²) < 4.78 is 13.3. The van der Waals surface area contributed by atoms with Crippen molar-refractivity contribution >= 4 is 17.7 Å². The fourth-order valence-electron chi connectivity index (χ4n) is 3.61. The molecule has 0 bridgehead atoms. The number of fused-ring (bicyclic) bond motifs is 1. The molecule has 1 atom stereocenters. The molecule has 25 heavy (non-hydrogen) atoms. The van der Waals surface area contributed by atoms with Crippen LogP contribution in [0.5, 0.6) is 0 Å². The minimum absolute atomic E-state index is 0.0586. The average Bonchev–Trinajstić information content (AvgIpc) is 2.65. The maximum atomic E-state index is 13.3. The van der Waals surface area contributed by atoms with Crippen molar-refractivity contribution in [3.63, 3.8) is 0 Å². The lowest BCUT2D eigenvalue weighted by molar-refractivity contribution is 0.342. The number of nitrogens with two attached hydrogens (primary N) is 1. The number of halogens is 1. The van der Waals surface area contributed by atoms with E-state index >= 15 is 0 Å². The van der Waals surface area contributed by atoms with Gasteiger partial charge in [-0.25, -0.2) is 4.98 Å². The number of benzene rings is 1. The molecule has 1 aromatic carbocycles. The first-order chi connectivity index (χ1) is 12.2. The van der Waals surface area contributed by atoms with Gasteiger partial charge in [0.1, 0.15) is 6.17 Å². The highest BCUT2D eigenvalue weighted by molar-refractivity contribution is 5.82. The van der Waals surface area contributed by atoms with Gasteiger partial charge in [0.25, 0.3) is 0 Å². The Morgan fingerprint density at radius 1 is 1.12 bits per heavy atom. The minimum atomic E-state index is -0.634. The van der Waals surface area contributed by atoms with Gasteiger partial charge < -0.3 is 11.1 Å². The van der Waals surface area contributed by atoms with Crippen molar-refractivity contribution in [1.29, 1.82) is 0 Å². The van der Waals surface area contributed by atoms with E-state index in [0.717, 1.165) is 22.4 Å². The van der Waals surface area contributed by atoms with Crippen LogP contribution in [0, 0.1) is 5.95 Å². The standard InChI is InChI=1S/C19H22FN5/c20-18-16(21)9-13(10-22-18)12-6-7-17-15(8-12)19(24-11-23-17)25-14-4-2-1-3-5-14/h6-11,14,19,25H,1-5,21H2,(H,23,24). The predicted molar refractivity (Wildman–Crippen MR) is 98.9 cm³/mol. The number of nitrogens with zero attached hydrogens (tertiary/aromatic N) is 2. The molecule has 0 radical (unpaired) electrons. The Morgan fingerprint density at radius 2 is 1.96 bits per heavy atom. The summed E-state index contributed by atoms with van der Waals surface area (Å²) in [5.74, 6) is -0.634. The lowest BCUT2D eigenvalue weighted by atomic mass is 9.94. The summed E-state index contributed by atoms with van der Waals surface area (Å²) in [5, 5.41) is 6.87. The Labute approximate surface area is 146 Å². The molecule has 4 N–H and O–H groups in total. The SMILES string of the molecule is Nc1cc(-c2ccc3c(c2)C(NC2CCCCC2)N=CN3)cnc1F. The quantitative estimate of drug-likeness (QED) is 0.743. The van der Waals surface area contributed by atoms with Crippen molar-refractivity contribution in [2.24, 2.45) is 4.99 Å². The Kier molecular flexibility index (Phi) is 4.36. The zero-order chi connectivity index (χ0) is 17.2. The van der Waals surface area contributed by atoms with Crippen LogP contribution in [0.2, 0.25) is 0 Å². The molecule has 4 rings (SSSR count). The zero-order valence-electron chi connectivity index (χ0n) is 14.0. The third kappa shape index (κ3) is 3.35. The molecule has 1 aromatic heterocycles. The third-order valence-corrected chi connectivity index (χ3v) is 4.99. The summed E-state index contributed by atoms with van der Waals surface area (Å²) >= 11 is 0. The van der Waals surface area contributed by atoms with E-state index < -0.39 is 5.95 Å². The van der Waals surface area contributed by atoms with Crippen LogP contribution >= 0.6 is 0 Å². The predicted octanol–water partition coefficient (Wildman–Crippen LogP) is 3.84. The number of aromatic nitrogens is 1. The summed E-state index contributed by atoms with van der Waals surface area (Å²) in [6.45, 7) is 0. The van der Waals surface area contributed by atoms with Gasteiger partial charge in [-0.15, -0.1) is 0 Å². The summed E-state index contributed by atoms with van der Waals surface area (Å²) in [6.07, 6.45) is 9.48. The van der Waals surface area contributed by atoms with E-state index in [1.54, 1.807) is 12.4 Å². The Morgan fingerprint density at radius 3 is 2.76 bits per heavy atom. The second-order valence-corrected chi connectivity index (χ2v) is 6.73. The van der Waals surface area contributed by atoms with E-state index in [-0.39, 0.29) is 11.9 Å². The van der Waals surface area contributed by atoms with E-state index in [2.05, 4.69) is 26.7 Å². The molecule has 1 aliphatic carbocycles. The maximum absolute atomic E-state index is 13.3. The van der Waals surface area contributed by atoms with Gasteiger partial charge in [-0.1, -0.05) is 25.3 Å². The lowest BCUT2D eigenvalue weighted by Gasteiger charge is -2.29. The molecule has 1 unspecified atom stereocenters. The normalized spacial score (nSPS) is 20.1. The van der Waals surface area contributed by atoms with E-state index in [0.29, 0.717) is 6.04 Å². The number of pyridine rings is 1. The Hall–Kier alpha value is -2.47. The summed E-state index contributed by atoms with van der Waals surface area (Å²) in [4.78, 5) is 8.31. The number of rotatable bonds is 3. The molecule has 0 spiro atoms. The van der Waals surface area contributed by atoms with E-state index in [9.17, 15) is 4.39 Å².